The second-order valence-corrected chi connectivity index (χ2v) is 13.4. The molecule has 0 heterocycles. The Balaban J connectivity index is 1.26. The number of aliphatic hydroxyl groups is 2. The Labute approximate surface area is 223 Å². The first kappa shape index (κ1) is 26.9. The van der Waals surface area contributed by atoms with E-state index in [0.29, 0.717) is 48.5 Å². The van der Waals surface area contributed by atoms with Gasteiger partial charge in [0.15, 0.2) is 0 Å². The van der Waals surface area contributed by atoms with E-state index in [2.05, 4.69) is 33.8 Å². The van der Waals surface area contributed by atoms with E-state index in [1.165, 1.54) is 31.3 Å². The Morgan fingerprint density at radius 3 is 2.49 bits per heavy atom. The van der Waals surface area contributed by atoms with Gasteiger partial charge in [-0.1, -0.05) is 57.2 Å². The van der Waals surface area contributed by atoms with E-state index in [0.717, 1.165) is 31.2 Å². The maximum absolute atomic E-state index is 12.5. The Hall–Kier alpha value is -1.65. The lowest BCUT2D eigenvalue weighted by Gasteiger charge is -2.63. The molecular formula is C33H48O4. The second kappa shape index (κ2) is 10.5. The summed E-state index contributed by atoms with van der Waals surface area (Å²) in [7, 11) is 0. The molecule has 1 aromatic carbocycles. The Bertz CT molecular complexity index is 987. The molecule has 10 atom stereocenters. The summed E-state index contributed by atoms with van der Waals surface area (Å²) in [5.41, 5.74) is 2.62. The average molecular weight is 509 g/mol. The molecule has 0 bridgehead atoms. The molecule has 0 amide bonds. The number of hydrogen-bond donors (Lipinski definition) is 2. The zero-order chi connectivity index (χ0) is 26.4. The molecule has 37 heavy (non-hydrogen) atoms. The Morgan fingerprint density at radius 2 is 1.76 bits per heavy atom. The van der Waals surface area contributed by atoms with Crippen molar-refractivity contribution in [1.29, 1.82) is 0 Å². The van der Waals surface area contributed by atoms with Crippen molar-refractivity contribution in [1.82, 2.24) is 0 Å². The lowest BCUT2D eigenvalue weighted by Crippen LogP contribution is -2.59. The fourth-order valence-corrected chi connectivity index (χ4v) is 9.81. The van der Waals surface area contributed by atoms with Crippen LogP contribution in [0, 0.1) is 46.3 Å². The average Bonchev–Trinajstić information content (AvgIpc) is 3.25. The molecule has 5 rings (SSSR count). The minimum absolute atomic E-state index is 0.0991. The summed E-state index contributed by atoms with van der Waals surface area (Å²) in [6.07, 6.45) is 10.4. The van der Waals surface area contributed by atoms with Gasteiger partial charge in [-0.3, -0.25) is 4.79 Å². The normalized spacial score (nSPS) is 43.0. The molecule has 4 heteroatoms. The molecule has 4 aliphatic carbocycles. The molecular weight excluding hydrogens is 460 g/mol. The van der Waals surface area contributed by atoms with Gasteiger partial charge in [0.05, 0.1) is 12.2 Å². The van der Waals surface area contributed by atoms with Gasteiger partial charge in [0.2, 0.25) is 0 Å². The highest BCUT2D eigenvalue weighted by Crippen LogP contribution is 2.69. The molecule has 0 radical (unpaired) electrons. The van der Waals surface area contributed by atoms with Gasteiger partial charge in [-0.2, -0.15) is 0 Å². The molecule has 0 aromatic heterocycles. The first-order valence-electron chi connectivity index (χ1n) is 14.9. The van der Waals surface area contributed by atoms with Crippen LogP contribution < -0.4 is 0 Å². The number of ether oxygens (including phenoxy) is 1. The lowest BCUT2D eigenvalue weighted by atomic mass is 9.42. The van der Waals surface area contributed by atoms with Gasteiger partial charge in [-0.25, -0.2) is 0 Å². The molecule has 4 saturated carbocycles. The summed E-state index contributed by atoms with van der Waals surface area (Å²) in [6.45, 7) is 9.73. The number of allylic oxidation sites excluding steroid dienone is 1. The third kappa shape index (κ3) is 4.71. The number of esters is 1. The molecule has 0 spiro atoms. The van der Waals surface area contributed by atoms with E-state index < -0.39 is 0 Å². The van der Waals surface area contributed by atoms with Crippen molar-refractivity contribution in [2.45, 2.75) is 104 Å². The van der Waals surface area contributed by atoms with Crippen LogP contribution in [0.3, 0.4) is 0 Å². The van der Waals surface area contributed by atoms with E-state index in [1.807, 2.05) is 30.3 Å². The number of rotatable bonds is 6. The van der Waals surface area contributed by atoms with E-state index in [4.69, 9.17) is 4.74 Å². The zero-order valence-electron chi connectivity index (χ0n) is 23.4. The van der Waals surface area contributed by atoms with Crippen LogP contribution in [-0.2, 0) is 16.1 Å². The van der Waals surface area contributed by atoms with Crippen LogP contribution in [0.1, 0.15) is 91.0 Å². The second-order valence-electron chi connectivity index (χ2n) is 13.4. The van der Waals surface area contributed by atoms with Gasteiger partial charge in [0.25, 0.3) is 0 Å². The largest absolute Gasteiger partial charge is 0.461 e. The van der Waals surface area contributed by atoms with Crippen LogP contribution in [0.15, 0.2) is 42.0 Å². The molecule has 0 aliphatic heterocycles. The number of carbonyl (C=O) groups excluding carboxylic acids is 1. The van der Waals surface area contributed by atoms with Crippen molar-refractivity contribution >= 4 is 5.97 Å². The van der Waals surface area contributed by atoms with Crippen LogP contribution in [0.25, 0.3) is 0 Å². The molecule has 4 aliphatic rings. The standard InChI is InChI=1S/C33H48O4/c1-5-24-28-19-23(34)15-17-33(28,4)27-16-18-32(3)25(12-13-26(32)30(27)31(24)36)21(2)11-14-29(35)37-20-22-9-7-6-8-10-22/h5-10,21,23,25-28,30-31,34,36H,11-20H2,1-4H3/b24-5+/t21-,23-,25-,26+,27+,28+,30+,31-,32-,33-/m1/s1. The fourth-order valence-electron chi connectivity index (χ4n) is 9.81. The van der Waals surface area contributed by atoms with E-state index in [1.54, 1.807) is 0 Å². The number of fused-ring (bicyclic) bond motifs is 5. The molecule has 2 N–H and O–H groups in total. The van der Waals surface area contributed by atoms with Gasteiger partial charge in [-0.05, 0) is 116 Å². The first-order valence-corrected chi connectivity index (χ1v) is 14.9. The monoisotopic (exact) mass is 508 g/mol. The summed E-state index contributed by atoms with van der Waals surface area (Å²) in [5.74, 6) is 2.63. The van der Waals surface area contributed by atoms with E-state index in [-0.39, 0.29) is 29.0 Å². The van der Waals surface area contributed by atoms with E-state index in [9.17, 15) is 15.0 Å². The fraction of sp³-hybridized carbons (Fsp3) is 0.727. The van der Waals surface area contributed by atoms with Crippen LogP contribution in [0.4, 0.5) is 0 Å². The van der Waals surface area contributed by atoms with Crippen LogP contribution in [0.2, 0.25) is 0 Å². The highest BCUT2D eigenvalue weighted by atomic mass is 16.5. The van der Waals surface area contributed by atoms with Gasteiger partial charge >= 0.3 is 5.97 Å². The van der Waals surface area contributed by atoms with Gasteiger partial charge in [0, 0.05) is 6.42 Å². The molecule has 4 nitrogen and oxygen atoms in total. The van der Waals surface area contributed by atoms with Crippen molar-refractivity contribution in [3.8, 4) is 0 Å². The minimum atomic E-state index is -0.384. The summed E-state index contributed by atoms with van der Waals surface area (Å²) >= 11 is 0. The maximum Gasteiger partial charge on any atom is 0.306 e. The maximum atomic E-state index is 12.5. The number of carbonyl (C=O) groups is 1. The van der Waals surface area contributed by atoms with Crippen molar-refractivity contribution in [2.75, 3.05) is 0 Å². The van der Waals surface area contributed by atoms with Gasteiger partial charge in [0.1, 0.15) is 6.61 Å². The van der Waals surface area contributed by atoms with Gasteiger partial charge < -0.3 is 14.9 Å². The van der Waals surface area contributed by atoms with Crippen molar-refractivity contribution in [3.63, 3.8) is 0 Å². The summed E-state index contributed by atoms with van der Waals surface area (Å²) in [5, 5.41) is 22.3. The lowest BCUT2D eigenvalue weighted by molar-refractivity contribution is -0.149. The van der Waals surface area contributed by atoms with E-state index >= 15 is 0 Å². The highest BCUT2D eigenvalue weighted by molar-refractivity contribution is 5.69. The predicted molar refractivity (Wildman–Crippen MR) is 146 cm³/mol. The van der Waals surface area contributed by atoms with Crippen molar-refractivity contribution in [3.05, 3.63) is 47.5 Å². The van der Waals surface area contributed by atoms with Crippen molar-refractivity contribution < 1.29 is 19.7 Å². The van der Waals surface area contributed by atoms with Crippen molar-refractivity contribution in [2.24, 2.45) is 46.3 Å². The van der Waals surface area contributed by atoms with Crippen LogP contribution in [0.5, 0.6) is 0 Å². The zero-order valence-corrected chi connectivity index (χ0v) is 23.4. The quantitative estimate of drug-likeness (QED) is 0.332. The third-order valence-electron chi connectivity index (χ3n) is 11.7. The summed E-state index contributed by atoms with van der Waals surface area (Å²) < 4.78 is 5.55. The van der Waals surface area contributed by atoms with Crippen LogP contribution >= 0.6 is 0 Å². The minimum Gasteiger partial charge on any atom is -0.461 e. The highest BCUT2D eigenvalue weighted by Gasteiger charge is 2.63. The summed E-state index contributed by atoms with van der Waals surface area (Å²) in [4.78, 5) is 12.5. The summed E-state index contributed by atoms with van der Waals surface area (Å²) in [6, 6.07) is 9.89. The smallest absolute Gasteiger partial charge is 0.306 e. The predicted octanol–water partition coefficient (Wildman–Crippen LogP) is 6.69. The number of benzene rings is 1. The number of hydrogen-bond acceptors (Lipinski definition) is 4. The van der Waals surface area contributed by atoms with Crippen LogP contribution in [-0.4, -0.2) is 28.4 Å². The SMILES string of the molecule is C/C=C1/[C@@H](O)[C@@H]2[C@H](CC[C@]3(C)[C@@H]([C@H](C)CCC(=O)OCc4ccccc4)CC[C@@H]23)[C@@]2(C)CC[C@@H](O)C[C@@H]12. The Kier molecular flexibility index (Phi) is 7.64. The third-order valence-corrected chi connectivity index (χ3v) is 11.7. The number of aliphatic hydroxyl groups excluding tert-OH is 2. The first-order chi connectivity index (χ1) is 17.7. The molecule has 204 valence electrons. The Morgan fingerprint density at radius 1 is 1.05 bits per heavy atom. The molecule has 0 saturated heterocycles. The molecule has 0 unspecified atom stereocenters. The molecule has 4 fully saturated rings. The van der Waals surface area contributed by atoms with Gasteiger partial charge in [-0.15, -0.1) is 0 Å². The molecule has 1 aromatic rings. The topological polar surface area (TPSA) is 66.8 Å².